The van der Waals surface area contributed by atoms with Gasteiger partial charge in [-0.3, -0.25) is 4.79 Å². The van der Waals surface area contributed by atoms with E-state index >= 15 is 0 Å². The van der Waals surface area contributed by atoms with Gasteiger partial charge in [-0.15, -0.1) is 0 Å². The topological polar surface area (TPSA) is 205 Å². The summed E-state index contributed by atoms with van der Waals surface area (Å²) in [5, 5.41) is 22.9. The van der Waals surface area contributed by atoms with E-state index < -0.39 is 25.6 Å². The minimum atomic E-state index is -3.32. The van der Waals surface area contributed by atoms with Gasteiger partial charge in [0.1, 0.15) is 11.6 Å². The van der Waals surface area contributed by atoms with Crippen LogP contribution in [-0.2, 0) is 31.2 Å². The molecular weight excluding hydrogens is 988 g/mol. The summed E-state index contributed by atoms with van der Waals surface area (Å²) < 4.78 is 50.1. The number of fused-ring (bicyclic) bond motifs is 2. The Kier molecular flexibility index (Phi) is 15.7. The van der Waals surface area contributed by atoms with Crippen LogP contribution in [0, 0.1) is 27.7 Å². The summed E-state index contributed by atoms with van der Waals surface area (Å²) in [7, 11) is -6.57. The lowest BCUT2D eigenvalue weighted by atomic mass is 9.97. The molecule has 2 aromatic carbocycles. The number of likely N-dealkylation sites (tertiary alicyclic amines) is 1. The van der Waals surface area contributed by atoms with Crippen molar-refractivity contribution in [2.75, 3.05) is 61.6 Å². The zero-order valence-corrected chi connectivity index (χ0v) is 44.2. The SMILES string of the molecule is CS(=O)(=O)Cc1ccc(Cl)cc1C(=O)O.Cc1nc2cc([C@@H]3CCCCN3)nn2c(N2CCC2)c1C.Cc1nc2cc([C@@H]3CCCCN3C(=O)c3cc(Cl)ccc3CS(C)(=O)=O)nn2c(N2CCC2)c1C. The molecule has 4 aliphatic rings. The molecule has 4 aliphatic heterocycles. The first kappa shape index (κ1) is 52.0. The molecule has 0 aliphatic carbocycles. The highest BCUT2D eigenvalue weighted by Crippen LogP contribution is 2.36. The highest BCUT2D eigenvalue weighted by molar-refractivity contribution is 7.90. The Hall–Kier alpha value is -5.34. The van der Waals surface area contributed by atoms with Gasteiger partial charge in [0, 0.05) is 95.5 Å². The van der Waals surface area contributed by atoms with Crippen molar-refractivity contribution >= 4 is 77.7 Å². The molecule has 71 heavy (non-hydrogen) atoms. The van der Waals surface area contributed by atoms with E-state index in [2.05, 4.69) is 46.5 Å². The normalized spacial score (nSPS) is 18.3. The smallest absolute Gasteiger partial charge is 0.336 e. The van der Waals surface area contributed by atoms with Crippen LogP contribution in [0.3, 0.4) is 0 Å². The minimum absolute atomic E-state index is 0.0760. The fraction of sp³-hybridized carbons (Fsp3) is 0.480. The lowest BCUT2D eigenvalue weighted by molar-refractivity contribution is 0.0604. The number of aromatic carboxylic acids is 1. The average Bonchev–Trinajstić information content (AvgIpc) is 3.90. The zero-order chi connectivity index (χ0) is 50.9. The number of amides is 1. The van der Waals surface area contributed by atoms with Crippen molar-refractivity contribution in [2.24, 2.45) is 0 Å². The predicted molar refractivity (Wildman–Crippen MR) is 278 cm³/mol. The predicted octanol–water partition coefficient (Wildman–Crippen LogP) is 8.08. The number of hydrogen-bond acceptors (Lipinski definition) is 13. The maximum Gasteiger partial charge on any atom is 0.336 e. The van der Waals surface area contributed by atoms with Gasteiger partial charge in [-0.25, -0.2) is 31.6 Å². The molecule has 1 amide bonds. The van der Waals surface area contributed by atoms with E-state index in [0.717, 1.165) is 110 Å². The molecule has 2 atom stereocenters. The van der Waals surface area contributed by atoms with Gasteiger partial charge >= 0.3 is 5.97 Å². The number of benzene rings is 2. The van der Waals surface area contributed by atoms with E-state index in [1.54, 1.807) is 18.2 Å². The van der Waals surface area contributed by atoms with E-state index in [1.807, 2.05) is 22.4 Å². The Morgan fingerprint density at radius 3 is 1.62 bits per heavy atom. The summed E-state index contributed by atoms with van der Waals surface area (Å²) in [6.07, 6.45) is 11.1. The third-order valence-corrected chi connectivity index (χ3v) is 15.8. The van der Waals surface area contributed by atoms with Crippen molar-refractivity contribution in [1.29, 1.82) is 0 Å². The van der Waals surface area contributed by atoms with Crippen molar-refractivity contribution in [3.05, 3.63) is 115 Å². The Bertz CT molecular complexity index is 3220. The molecule has 6 aromatic rings. The Morgan fingerprint density at radius 1 is 0.648 bits per heavy atom. The fourth-order valence-corrected chi connectivity index (χ4v) is 11.6. The first-order chi connectivity index (χ1) is 33.7. The van der Waals surface area contributed by atoms with Crippen LogP contribution in [0.1, 0.15) is 129 Å². The number of nitrogens with one attached hydrogen (secondary N) is 1. The van der Waals surface area contributed by atoms with Gasteiger partial charge in [-0.1, -0.05) is 41.8 Å². The number of sulfone groups is 2. The van der Waals surface area contributed by atoms with Crippen molar-refractivity contribution in [3.63, 3.8) is 0 Å². The molecule has 4 saturated heterocycles. The van der Waals surface area contributed by atoms with E-state index in [4.69, 9.17) is 48.5 Å². The van der Waals surface area contributed by atoms with E-state index in [0.29, 0.717) is 28.7 Å². The third kappa shape index (κ3) is 12.0. The number of aromatic nitrogens is 6. The maximum atomic E-state index is 13.8. The standard InChI is InChI=1S/C25H30ClN5O3S.C16H23N5.C9H9ClO4S/c1-16-17(2)27-23-14-21(28-31(23)24(16)29-10-6-11-29)22-7-4-5-12-30(22)25(32)20-13-19(26)9-8-18(20)15-35(3,33)34;1-11-12(2)18-15-10-14(13-6-3-4-7-17-13)19-21(15)16(11)20-8-5-9-20;1-15(13,14)5-6-2-3-7(10)4-8(6)9(11)12/h8-9,13-14,22H,4-7,10-12,15H2,1-3H3;10,13,17H,3-9H2,1-2H3;2-4H,5H2,1H3,(H,11,12)/t22-;13-;/m00./s1. The number of carboxylic acid groups (broad SMARTS) is 1. The first-order valence-electron chi connectivity index (χ1n) is 24.1. The summed E-state index contributed by atoms with van der Waals surface area (Å²) in [6, 6.07) is 13.3. The fourth-order valence-electron chi connectivity index (χ4n) is 9.59. The second-order valence-corrected chi connectivity index (χ2v) is 24.4. The number of carbonyl (C=O) groups excluding carboxylic acids is 1. The Morgan fingerprint density at radius 2 is 1.14 bits per heavy atom. The monoisotopic (exact) mass is 1050 g/mol. The number of piperidine rings is 2. The van der Waals surface area contributed by atoms with Gasteiger partial charge in [-0.2, -0.15) is 19.2 Å². The molecular formula is C50H62Cl2N10O7S2. The highest BCUT2D eigenvalue weighted by Gasteiger charge is 2.34. The van der Waals surface area contributed by atoms with Gasteiger partial charge in [0.25, 0.3) is 5.91 Å². The van der Waals surface area contributed by atoms with E-state index in [1.165, 1.54) is 61.5 Å². The average molecular weight is 1050 g/mol. The summed E-state index contributed by atoms with van der Waals surface area (Å²) >= 11 is 11.8. The molecule has 380 valence electrons. The molecule has 10 rings (SSSR count). The molecule has 0 unspecified atom stereocenters. The quantitative estimate of drug-likeness (QED) is 0.133. The summed E-state index contributed by atoms with van der Waals surface area (Å²) in [6.45, 7) is 14.3. The molecule has 21 heteroatoms. The second-order valence-electron chi connectivity index (χ2n) is 19.2. The Balaban J connectivity index is 0.000000159. The van der Waals surface area contributed by atoms with Gasteiger partial charge in [0.05, 0.1) is 40.5 Å². The van der Waals surface area contributed by atoms with Crippen molar-refractivity contribution < 1.29 is 31.5 Å². The molecule has 8 heterocycles. The molecule has 17 nitrogen and oxygen atoms in total. The minimum Gasteiger partial charge on any atom is -0.478 e. The highest BCUT2D eigenvalue weighted by atomic mass is 35.5. The number of rotatable bonds is 10. The lowest BCUT2D eigenvalue weighted by Crippen LogP contribution is -2.40. The number of carbonyl (C=O) groups is 2. The molecule has 0 spiro atoms. The van der Waals surface area contributed by atoms with Crippen LogP contribution in [0.2, 0.25) is 10.0 Å². The van der Waals surface area contributed by atoms with E-state index in [9.17, 15) is 26.4 Å². The summed E-state index contributed by atoms with van der Waals surface area (Å²) in [4.78, 5) is 40.7. The number of anilines is 2. The molecule has 0 bridgehead atoms. The van der Waals surface area contributed by atoms with Crippen LogP contribution in [0.4, 0.5) is 11.6 Å². The largest absolute Gasteiger partial charge is 0.478 e. The maximum absolute atomic E-state index is 13.8. The van der Waals surface area contributed by atoms with Gasteiger partial charge < -0.3 is 25.1 Å². The van der Waals surface area contributed by atoms with Crippen LogP contribution in [-0.4, -0.2) is 120 Å². The molecule has 0 radical (unpaired) electrons. The first-order valence-corrected chi connectivity index (χ1v) is 29.0. The molecule has 0 saturated carbocycles. The number of carboxylic acids is 1. The second kappa shape index (κ2) is 21.4. The molecule has 4 aromatic heterocycles. The van der Waals surface area contributed by atoms with Crippen LogP contribution in [0.15, 0.2) is 48.5 Å². The van der Waals surface area contributed by atoms with Crippen LogP contribution in [0.5, 0.6) is 0 Å². The number of nitrogens with zero attached hydrogens (tertiary/aromatic N) is 9. The van der Waals surface area contributed by atoms with Crippen LogP contribution < -0.4 is 15.1 Å². The van der Waals surface area contributed by atoms with Crippen molar-refractivity contribution in [2.45, 2.75) is 103 Å². The number of aryl methyl sites for hydroxylation is 2. The van der Waals surface area contributed by atoms with E-state index in [-0.39, 0.29) is 39.6 Å². The number of halogens is 2. The van der Waals surface area contributed by atoms with Crippen molar-refractivity contribution in [3.8, 4) is 0 Å². The van der Waals surface area contributed by atoms with Gasteiger partial charge in [-0.05, 0) is 115 Å². The number of hydrogen-bond donors (Lipinski definition) is 2. The third-order valence-electron chi connectivity index (χ3n) is 13.7. The molecule has 2 N–H and O–H groups in total. The summed E-state index contributed by atoms with van der Waals surface area (Å²) in [5.41, 5.74) is 9.17. The van der Waals surface area contributed by atoms with Crippen LogP contribution >= 0.6 is 23.2 Å². The van der Waals surface area contributed by atoms with Crippen molar-refractivity contribution in [1.82, 2.24) is 39.4 Å². The van der Waals surface area contributed by atoms with Gasteiger partial charge in [0.15, 0.2) is 31.0 Å². The van der Waals surface area contributed by atoms with Crippen LogP contribution in [0.25, 0.3) is 11.3 Å². The lowest BCUT2D eigenvalue weighted by Gasteiger charge is -2.35. The Labute approximate surface area is 425 Å². The zero-order valence-electron chi connectivity index (χ0n) is 41.1. The van der Waals surface area contributed by atoms with Gasteiger partial charge in [0.2, 0.25) is 0 Å². The summed E-state index contributed by atoms with van der Waals surface area (Å²) in [5.74, 6) is 0.410. The molecule has 4 fully saturated rings.